The number of nitrogens with zero attached hydrogens (tertiary/aromatic N) is 2. The maximum absolute atomic E-state index is 13.3. The Morgan fingerprint density at radius 2 is 1.88 bits per heavy atom. The molecule has 34 heavy (non-hydrogen) atoms. The van der Waals surface area contributed by atoms with Crippen molar-refractivity contribution in [3.63, 3.8) is 0 Å². The predicted octanol–water partition coefficient (Wildman–Crippen LogP) is 4.57. The minimum Gasteiger partial charge on any atom is -0.503 e. The van der Waals surface area contributed by atoms with Crippen molar-refractivity contribution in [3.05, 3.63) is 95.8 Å². The largest absolute Gasteiger partial charge is 0.503 e. The van der Waals surface area contributed by atoms with Crippen LogP contribution in [-0.2, 0) is 9.59 Å². The highest BCUT2D eigenvalue weighted by atomic mass is 16.5. The SMILES string of the molecule is C=CCOc1cccc(C2C(C(=O)C=Cc3ccccc3)=C(O)C(=O)N2CCN(CC)CC)c1. The van der Waals surface area contributed by atoms with E-state index in [2.05, 4.69) is 25.3 Å². The highest BCUT2D eigenvalue weighted by molar-refractivity contribution is 6.14. The zero-order valence-corrected chi connectivity index (χ0v) is 19.8. The third-order valence-corrected chi connectivity index (χ3v) is 5.89. The van der Waals surface area contributed by atoms with Crippen molar-refractivity contribution >= 4 is 17.8 Å². The van der Waals surface area contributed by atoms with E-state index in [9.17, 15) is 14.7 Å². The molecule has 0 radical (unpaired) electrons. The van der Waals surface area contributed by atoms with Crippen LogP contribution in [0.25, 0.3) is 6.08 Å². The fourth-order valence-corrected chi connectivity index (χ4v) is 4.03. The number of allylic oxidation sites excluding steroid dienone is 1. The second kappa shape index (κ2) is 12.0. The van der Waals surface area contributed by atoms with Crippen LogP contribution in [0.5, 0.6) is 5.75 Å². The fourth-order valence-electron chi connectivity index (χ4n) is 4.03. The molecule has 6 heteroatoms. The summed E-state index contributed by atoms with van der Waals surface area (Å²) in [6, 6.07) is 16.0. The van der Waals surface area contributed by atoms with E-state index in [1.807, 2.05) is 48.5 Å². The Hall–Kier alpha value is -3.64. The molecule has 0 aliphatic carbocycles. The van der Waals surface area contributed by atoms with Gasteiger partial charge in [0, 0.05) is 13.1 Å². The van der Waals surface area contributed by atoms with Gasteiger partial charge in [-0.2, -0.15) is 0 Å². The molecule has 1 aliphatic rings. The molecule has 2 aromatic rings. The molecule has 0 fully saturated rings. The van der Waals surface area contributed by atoms with Crippen molar-refractivity contribution in [2.75, 3.05) is 32.8 Å². The summed E-state index contributed by atoms with van der Waals surface area (Å²) in [6.45, 7) is 10.8. The molecule has 0 aromatic heterocycles. The van der Waals surface area contributed by atoms with Crippen molar-refractivity contribution in [3.8, 4) is 5.75 Å². The van der Waals surface area contributed by atoms with E-state index >= 15 is 0 Å². The van der Waals surface area contributed by atoms with Crippen molar-refractivity contribution in [2.24, 2.45) is 0 Å². The number of amides is 1. The van der Waals surface area contributed by atoms with Crippen LogP contribution >= 0.6 is 0 Å². The van der Waals surface area contributed by atoms with E-state index < -0.39 is 23.5 Å². The van der Waals surface area contributed by atoms with Crippen molar-refractivity contribution in [1.82, 2.24) is 9.80 Å². The second-order valence-electron chi connectivity index (χ2n) is 7.97. The van der Waals surface area contributed by atoms with Crippen molar-refractivity contribution < 1.29 is 19.4 Å². The molecule has 2 aromatic carbocycles. The van der Waals surface area contributed by atoms with Gasteiger partial charge >= 0.3 is 0 Å². The van der Waals surface area contributed by atoms with Gasteiger partial charge < -0.3 is 19.6 Å². The van der Waals surface area contributed by atoms with E-state index in [1.165, 1.54) is 6.08 Å². The Kier molecular flexibility index (Phi) is 8.82. The van der Waals surface area contributed by atoms with Gasteiger partial charge in [0.25, 0.3) is 5.91 Å². The monoisotopic (exact) mass is 460 g/mol. The smallest absolute Gasteiger partial charge is 0.290 e. The average molecular weight is 461 g/mol. The molecule has 1 unspecified atom stereocenters. The number of ketones is 1. The number of hydrogen-bond donors (Lipinski definition) is 1. The Morgan fingerprint density at radius 1 is 1.15 bits per heavy atom. The van der Waals surface area contributed by atoms with E-state index in [0.717, 1.165) is 18.7 Å². The Balaban J connectivity index is 1.97. The first-order chi connectivity index (χ1) is 16.5. The maximum atomic E-state index is 13.3. The quantitative estimate of drug-likeness (QED) is 0.371. The van der Waals surface area contributed by atoms with Gasteiger partial charge in [-0.05, 0) is 42.4 Å². The van der Waals surface area contributed by atoms with Crippen LogP contribution in [0.3, 0.4) is 0 Å². The number of carbonyl (C=O) groups is 2. The van der Waals surface area contributed by atoms with Crippen LogP contribution in [-0.4, -0.2) is 59.4 Å². The molecule has 178 valence electrons. The van der Waals surface area contributed by atoms with Gasteiger partial charge in [-0.3, -0.25) is 9.59 Å². The Morgan fingerprint density at radius 3 is 2.56 bits per heavy atom. The first-order valence-corrected chi connectivity index (χ1v) is 11.6. The molecule has 1 amide bonds. The number of ether oxygens (including phenoxy) is 1. The van der Waals surface area contributed by atoms with Crippen LogP contribution in [0, 0.1) is 0 Å². The molecule has 1 N–H and O–H groups in total. The molecule has 1 atom stereocenters. The third-order valence-electron chi connectivity index (χ3n) is 5.89. The van der Waals surface area contributed by atoms with E-state index in [4.69, 9.17) is 4.74 Å². The first-order valence-electron chi connectivity index (χ1n) is 11.6. The minimum absolute atomic E-state index is 0.0811. The molecule has 0 saturated carbocycles. The Labute approximate surface area is 201 Å². The highest BCUT2D eigenvalue weighted by Crippen LogP contribution is 2.39. The summed E-state index contributed by atoms with van der Waals surface area (Å²) >= 11 is 0. The standard InChI is InChI=1S/C28H32N2O4/c1-4-19-34-23-14-10-13-22(20-23)26-25(24(31)16-15-21-11-8-7-9-12-21)27(32)28(33)30(26)18-17-29(5-2)6-3/h4,7-16,20,26,32H,1,5-6,17-19H2,2-3H3. The molecule has 0 saturated heterocycles. The zero-order chi connectivity index (χ0) is 24.5. The molecule has 1 heterocycles. The molecule has 3 rings (SSSR count). The number of benzene rings is 2. The number of likely N-dealkylation sites (N-methyl/N-ethyl adjacent to an activating group) is 1. The summed E-state index contributed by atoms with van der Waals surface area (Å²) < 4.78 is 5.67. The van der Waals surface area contributed by atoms with Gasteiger partial charge in [-0.25, -0.2) is 0 Å². The van der Waals surface area contributed by atoms with Gasteiger partial charge in [0.15, 0.2) is 11.5 Å². The number of aliphatic hydroxyl groups is 1. The van der Waals surface area contributed by atoms with Gasteiger partial charge in [0.1, 0.15) is 12.4 Å². The summed E-state index contributed by atoms with van der Waals surface area (Å²) in [6.07, 6.45) is 4.75. The first kappa shape index (κ1) is 25.0. The predicted molar refractivity (Wildman–Crippen MR) is 135 cm³/mol. The second-order valence-corrected chi connectivity index (χ2v) is 7.97. The van der Waals surface area contributed by atoms with Crippen LogP contribution in [0.4, 0.5) is 0 Å². The van der Waals surface area contributed by atoms with Crippen LogP contribution in [0.15, 0.2) is 84.7 Å². The lowest BCUT2D eigenvalue weighted by molar-refractivity contribution is -0.129. The third kappa shape index (κ3) is 5.83. The number of carbonyl (C=O) groups excluding carboxylic acids is 2. The van der Waals surface area contributed by atoms with Crippen molar-refractivity contribution in [1.29, 1.82) is 0 Å². The summed E-state index contributed by atoms with van der Waals surface area (Å²) in [5.41, 5.74) is 1.64. The summed E-state index contributed by atoms with van der Waals surface area (Å²) in [5, 5.41) is 10.8. The lowest BCUT2D eigenvalue weighted by Crippen LogP contribution is -2.38. The topological polar surface area (TPSA) is 70.1 Å². The molecule has 0 bridgehead atoms. The normalized spacial score (nSPS) is 16.0. The van der Waals surface area contributed by atoms with Crippen molar-refractivity contribution in [2.45, 2.75) is 19.9 Å². The number of hydrogen-bond acceptors (Lipinski definition) is 5. The Bertz CT molecular complexity index is 1070. The molecular weight excluding hydrogens is 428 g/mol. The lowest BCUT2D eigenvalue weighted by Gasteiger charge is -2.29. The minimum atomic E-state index is -0.705. The van der Waals surface area contributed by atoms with Gasteiger partial charge in [0.05, 0.1) is 11.6 Å². The van der Waals surface area contributed by atoms with Gasteiger partial charge in [-0.15, -0.1) is 0 Å². The van der Waals surface area contributed by atoms with Gasteiger partial charge in [0.2, 0.25) is 0 Å². The molecule has 0 spiro atoms. The number of aliphatic hydroxyl groups excluding tert-OH is 1. The molecular formula is C28H32N2O4. The average Bonchev–Trinajstić information content (AvgIpc) is 3.12. The van der Waals surface area contributed by atoms with Crippen LogP contribution in [0.2, 0.25) is 0 Å². The van der Waals surface area contributed by atoms with Gasteiger partial charge in [-0.1, -0.05) is 75.0 Å². The fraction of sp³-hybridized carbons (Fsp3) is 0.286. The van der Waals surface area contributed by atoms with Crippen LogP contribution in [0.1, 0.15) is 31.0 Å². The summed E-state index contributed by atoms with van der Waals surface area (Å²) in [4.78, 5) is 30.1. The highest BCUT2D eigenvalue weighted by Gasteiger charge is 2.42. The van der Waals surface area contributed by atoms with E-state index in [0.29, 0.717) is 31.0 Å². The number of rotatable bonds is 12. The molecule has 6 nitrogen and oxygen atoms in total. The van der Waals surface area contributed by atoms with Crippen LogP contribution < -0.4 is 4.74 Å². The maximum Gasteiger partial charge on any atom is 0.290 e. The van der Waals surface area contributed by atoms with E-state index in [1.54, 1.807) is 23.1 Å². The summed E-state index contributed by atoms with van der Waals surface area (Å²) in [5.74, 6) is -0.829. The zero-order valence-electron chi connectivity index (χ0n) is 19.8. The summed E-state index contributed by atoms with van der Waals surface area (Å²) in [7, 11) is 0. The lowest BCUT2D eigenvalue weighted by atomic mass is 9.95. The van der Waals surface area contributed by atoms with E-state index in [-0.39, 0.29) is 5.57 Å². The molecule has 1 aliphatic heterocycles.